The van der Waals surface area contributed by atoms with Crippen molar-refractivity contribution in [1.29, 1.82) is 5.41 Å². The summed E-state index contributed by atoms with van der Waals surface area (Å²) < 4.78 is 11.6. The van der Waals surface area contributed by atoms with Crippen molar-refractivity contribution >= 4 is 76.9 Å². The average molecular weight is 1330 g/mol. The molecule has 33 nitrogen and oxygen atoms in total. The number of nitrogens with two attached hydrogens (primary N) is 3. The second kappa shape index (κ2) is 37.1. The van der Waals surface area contributed by atoms with Crippen LogP contribution in [0.5, 0.6) is 0 Å². The largest absolute Gasteiger partial charge is 0.453 e. The second-order valence-electron chi connectivity index (χ2n) is 26.0. The number of benzene rings is 1. The van der Waals surface area contributed by atoms with Gasteiger partial charge in [0.2, 0.25) is 65.0 Å². The predicted molar refractivity (Wildman–Crippen MR) is 339 cm³/mol. The van der Waals surface area contributed by atoms with E-state index in [1.165, 1.54) is 51.3 Å². The Balaban J connectivity index is 2.45. The fraction of sp³-hybridized carbons (Fsp3) is 0.689. The van der Waals surface area contributed by atoms with E-state index in [4.69, 9.17) is 32.1 Å². The monoisotopic (exact) mass is 1330 g/mol. The number of carbonyl (C=O) groups excluding carboxylic acids is 12. The van der Waals surface area contributed by atoms with E-state index in [9.17, 15) is 63.6 Å². The maximum absolute atomic E-state index is 15.6. The Labute approximate surface area is 547 Å². The first-order valence-electron chi connectivity index (χ1n) is 31.5. The normalized spacial score (nSPS) is 27.2. The molecule has 0 aromatic heterocycles. The van der Waals surface area contributed by atoms with Crippen LogP contribution < -0.4 is 75.7 Å². The van der Waals surface area contributed by atoms with Crippen LogP contribution >= 0.6 is 0 Å². The molecule has 1 saturated carbocycles. The van der Waals surface area contributed by atoms with Gasteiger partial charge >= 0.3 is 5.97 Å². The number of rotatable bonds is 21. The Morgan fingerprint density at radius 2 is 1.30 bits per heavy atom. The smallest absolute Gasteiger partial charge is 0.331 e. The van der Waals surface area contributed by atoms with Crippen molar-refractivity contribution in [1.82, 2.24) is 58.5 Å². The first-order valence-corrected chi connectivity index (χ1v) is 31.5. The fourth-order valence-corrected chi connectivity index (χ4v) is 10.5. The van der Waals surface area contributed by atoms with Crippen LogP contribution in [0, 0.1) is 28.6 Å². The Hall–Kier alpha value is -8.11. The fourth-order valence-electron chi connectivity index (χ4n) is 10.5. The number of hydrogen-bond donors (Lipinski definition) is 19. The van der Waals surface area contributed by atoms with Crippen LogP contribution in [0.4, 0.5) is 0 Å². The van der Waals surface area contributed by atoms with Crippen molar-refractivity contribution < 1.29 is 87.4 Å². The van der Waals surface area contributed by atoms with Gasteiger partial charge in [0.15, 0.2) is 24.2 Å². The molecule has 11 amide bonds. The van der Waals surface area contributed by atoms with Crippen molar-refractivity contribution in [2.24, 2.45) is 40.4 Å². The zero-order chi connectivity index (χ0) is 71.1. The van der Waals surface area contributed by atoms with Crippen molar-refractivity contribution in [3.8, 4) is 0 Å². The molecule has 0 bridgehead atoms. The third-order valence-corrected chi connectivity index (χ3v) is 16.2. The highest BCUT2D eigenvalue weighted by Gasteiger charge is 2.49. The summed E-state index contributed by atoms with van der Waals surface area (Å²) in [5.41, 5.74) is 14.9. The highest BCUT2D eigenvalue weighted by molar-refractivity contribution is 6.01. The first-order chi connectivity index (χ1) is 43.9. The number of amides is 11. The minimum Gasteiger partial charge on any atom is -0.453 e. The van der Waals surface area contributed by atoms with E-state index in [-0.39, 0.29) is 69.9 Å². The Morgan fingerprint density at radius 1 is 0.745 bits per heavy atom. The number of carbonyl (C=O) groups is 12. The highest BCUT2D eigenvalue weighted by atomic mass is 16.5. The molecule has 1 saturated heterocycles. The quantitative estimate of drug-likeness (QED) is 0.0237. The number of guanidine groups is 1. The molecule has 1 aliphatic heterocycles. The van der Waals surface area contributed by atoms with E-state index in [2.05, 4.69) is 47.9 Å². The summed E-state index contributed by atoms with van der Waals surface area (Å²) in [4.78, 5) is 172. The minimum atomic E-state index is -2.58. The highest BCUT2D eigenvalue weighted by Crippen LogP contribution is 2.33. The number of methoxy groups -OCH3 is 1. The number of hydrogen-bond acceptors (Lipinski definition) is 20. The second-order valence-corrected chi connectivity index (χ2v) is 26.0. The molecule has 33 heteroatoms. The summed E-state index contributed by atoms with van der Waals surface area (Å²) in [6.07, 6.45) is -8.34. The number of esters is 1. The number of nitrogens with one attached hydrogen (secondary N) is 12. The third kappa shape index (κ3) is 24.3. The van der Waals surface area contributed by atoms with Crippen molar-refractivity contribution in [2.75, 3.05) is 26.8 Å². The molecule has 0 radical (unpaired) electrons. The van der Waals surface area contributed by atoms with E-state index in [1.54, 1.807) is 27.7 Å². The molecule has 1 aromatic rings. The number of aliphatic hydroxyl groups is 4. The van der Waals surface area contributed by atoms with Crippen molar-refractivity contribution in [3.63, 3.8) is 0 Å². The van der Waals surface area contributed by atoms with Gasteiger partial charge in [-0.25, -0.2) is 4.79 Å². The van der Waals surface area contributed by atoms with E-state index in [0.29, 0.717) is 0 Å². The van der Waals surface area contributed by atoms with E-state index in [0.717, 1.165) is 6.92 Å². The van der Waals surface area contributed by atoms with E-state index < -0.39 is 204 Å². The molecule has 3 rings (SSSR count). The molecule has 1 aliphatic carbocycles. The number of cyclic esters (lactones) is 1. The summed E-state index contributed by atoms with van der Waals surface area (Å²) in [7, 11) is 1.46. The summed E-state index contributed by atoms with van der Waals surface area (Å²) >= 11 is 0. The lowest BCUT2D eigenvalue weighted by Crippen LogP contribution is -2.67. The zero-order valence-corrected chi connectivity index (χ0v) is 55.4. The van der Waals surface area contributed by atoms with Gasteiger partial charge in [-0.15, -0.1) is 0 Å². The average Bonchev–Trinajstić information content (AvgIpc) is 0.790. The molecule has 94 heavy (non-hydrogen) atoms. The molecular formula is C61H101N15O18. The molecule has 14 atom stereocenters. The molecule has 528 valence electrons. The maximum Gasteiger partial charge on any atom is 0.331 e. The molecule has 0 spiro atoms. The Kier molecular flexibility index (Phi) is 31.6. The standard InChI is InChI=1S/C61H101N15O18/c1-12-31(6)40-53(87)73-41(32(7)78)52(86)67-27-39(79)71-43(46(81)48(63)82)55(89)70-38(28-77)57(91)94-47(33-17-14-13-15-18-33)44(75-58(92)61(22-20-34(93-11)21-23-61)76-49(83)35(62)26-60(8,9)10)56(90)74-42(45(80)30(4)5)54(88)69-37(25-29(2)3)51(85)68-36(50(84)72-40)19-16-24-66-59(64)65/h13-15,17-18,29-32,34-38,40-47,77-78,80-81H,12,16,19-28,62H2,1-11H3,(H2,63,82)(H,67,86)(H,68,85)(H,69,88)(H,70,89)(H,71,79)(H,72,84)(H,73,87)(H,74,90)(H,75,92)(H,76,83)(H4,64,65,66)/t31-,32-,34?,35+,36+,37-,38-,40?,41-,42-,43-,44?,45+,46-,47+,61?/m0/s1. The van der Waals surface area contributed by atoms with Crippen LogP contribution in [0.25, 0.3) is 0 Å². The molecule has 2 aliphatic rings. The molecule has 1 aromatic carbocycles. The lowest BCUT2D eigenvalue weighted by molar-refractivity contribution is -0.159. The lowest BCUT2D eigenvalue weighted by atomic mass is 9.78. The van der Waals surface area contributed by atoms with Crippen LogP contribution in [-0.4, -0.2) is 208 Å². The van der Waals surface area contributed by atoms with Gasteiger partial charge in [-0.3, -0.25) is 58.1 Å². The minimum absolute atomic E-state index is 0.0109. The van der Waals surface area contributed by atoms with Crippen LogP contribution in [0.1, 0.15) is 139 Å². The lowest BCUT2D eigenvalue weighted by Gasteiger charge is -2.41. The first kappa shape index (κ1) is 80.1. The predicted octanol–water partition coefficient (Wildman–Crippen LogP) is -4.92. The van der Waals surface area contributed by atoms with Gasteiger partial charge in [0, 0.05) is 13.7 Å². The van der Waals surface area contributed by atoms with Crippen molar-refractivity contribution in [2.45, 2.75) is 217 Å². The molecule has 1 heterocycles. The maximum atomic E-state index is 15.6. The van der Waals surface area contributed by atoms with Crippen LogP contribution in [0.15, 0.2) is 30.3 Å². The van der Waals surface area contributed by atoms with Crippen molar-refractivity contribution in [3.05, 3.63) is 35.9 Å². The third-order valence-electron chi connectivity index (χ3n) is 16.2. The van der Waals surface area contributed by atoms with Gasteiger partial charge in [0.05, 0.1) is 37.5 Å². The van der Waals surface area contributed by atoms with Gasteiger partial charge in [-0.2, -0.15) is 0 Å². The molecule has 2 unspecified atom stereocenters. The number of ether oxygens (including phenoxy) is 2. The Morgan fingerprint density at radius 3 is 1.83 bits per heavy atom. The summed E-state index contributed by atoms with van der Waals surface area (Å²) in [5.74, 6) is -17.0. The summed E-state index contributed by atoms with van der Waals surface area (Å²) in [5, 5.41) is 79.0. The molecular weight excluding hydrogens is 1230 g/mol. The molecule has 22 N–H and O–H groups in total. The van der Waals surface area contributed by atoms with Gasteiger partial charge in [-0.05, 0) is 87.0 Å². The summed E-state index contributed by atoms with van der Waals surface area (Å²) in [6, 6.07) is -9.42. The van der Waals surface area contributed by atoms with Gasteiger partial charge in [0.25, 0.3) is 0 Å². The SMILES string of the molecule is CC[C@H](C)C1NC(=O)[C@@H](CCCNC(=N)N)NC(=O)[C@H](CC(C)C)NC(=O)[C@H]([C@H](O)C(C)C)NC(=O)C(NC(=O)C2(NC(=O)[C@H](N)CC(C)(C)C)CCC(OC)CC2)[C@@H](c2ccccc2)OC(=O)[C@H](CO)NC(=O)[C@H]([C@H](O)C(N)=O)NC(=O)CNC(=O)[C@H]([C@H](C)O)NC1=O. The zero-order valence-electron chi connectivity index (χ0n) is 55.4. The van der Waals surface area contributed by atoms with Crippen LogP contribution in [0.3, 0.4) is 0 Å². The van der Waals surface area contributed by atoms with E-state index in [1.807, 2.05) is 31.4 Å². The van der Waals surface area contributed by atoms with E-state index >= 15 is 14.4 Å². The Bertz CT molecular complexity index is 2800. The molecule has 2 fully saturated rings. The number of primary amides is 1. The summed E-state index contributed by atoms with van der Waals surface area (Å²) in [6.45, 7) is 13.9. The van der Waals surface area contributed by atoms with Crippen LogP contribution in [0.2, 0.25) is 0 Å². The van der Waals surface area contributed by atoms with Gasteiger partial charge < -0.3 is 106 Å². The van der Waals surface area contributed by atoms with Crippen LogP contribution in [-0.2, 0) is 67.0 Å². The van der Waals surface area contributed by atoms with Gasteiger partial charge in [-0.1, -0.05) is 99.1 Å². The number of aliphatic hydroxyl groups excluding tert-OH is 4. The van der Waals surface area contributed by atoms with Gasteiger partial charge in [0.1, 0.15) is 47.8 Å². The topological polar surface area (TPSA) is 538 Å².